The van der Waals surface area contributed by atoms with E-state index in [0.717, 1.165) is 4.47 Å². The van der Waals surface area contributed by atoms with E-state index in [0.29, 0.717) is 16.8 Å². The highest BCUT2D eigenvalue weighted by Crippen LogP contribution is 2.30. The van der Waals surface area contributed by atoms with Gasteiger partial charge in [0, 0.05) is 22.3 Å². The molecule has 0 bridgehead atoms. The first kappa shape index (κ1) is 14.1. The van der Waals surface area contributed by atoms with Gasteiger partial charge in [-0.2, -0.15) is 0 Å². The normalized spacial score (nSPS) is 11.7. The summed E-state index contributed by atoms with van der Waals surface area (Å²) in [7, 11) is -2.15. The van der Waals surface area contributed by atoms with Crippen LogP contribution in [0.3, 0.4) is 0 Å². The summed E-state index contributed by atoms with van der Waals surface area (Å²) < 4.78 is 31.3. The molecular formula is C14H11BrN2O3S. The summed E-state index contributed by atoms with van der Waals surface area (Å²) in [6.45, 7) is 0. The van der Waals surface area contributed by atoms with Crippen LogP contribution in [0.4, 0.5) is 0 Å². The molecule has 0 spiro atoms. The Morgan fingerprint density at radius 3 is 2.86 bits per heavy atom. The van der Waals surface area contributed by atoms with E-state index >= 15 is 0 Å². The van der Waals surface area contributed by atoms with Gasteiger partial charge in [-0.15, -0.1) is 0 Å². The van der Waals surface area contributed by atoms with Crippen molar-refractivity contribution in [2.45, 2.75) is 9.79 Å². The van der Waals surface area contributed by atoms with Crippen LogP contribution in [0.2, 0.25) is 0 Å². The third-order valence-corrected chi connectivity index (χ3v) is 5.33. The summed E-state index contributed by atoms with van der Waals surface area (Å²) in [5.41, 5.74) is 0.527. The van der Waals surface area contributed by atoms with Gasteiger partial charge >= 0.3 is 0 Å². The molecule has 1 aromatic carbocycles. The number of hydrogen-bond donors (Lipinski definition) is 1. The highest BCUT2D eigenvalue weighted by atomic mass is 79.9. The minimum atomic E-state index is -3.64. The van der Waals surface area contributed by atoms with Gasteiger partial charge in [-0.25, -0.2) is 13.4 Å². The quantitative estimate of drug-likeness (QED) is 0.772. The van der Waals surface area contributed by atoms with Crippen LogP contribution >= 0.6 is 15.9 Å². The topological polar surface area (TPSA) is 72.1 Å². The molecule has 0 saturated heterocycles. The molecule has 0 saturated carbocycles. The van der Waals surface area contributed by atoms with Crippen LogP contribution in [-0.4, -0.2) is 25.5 Å². The number of nitrogens with one attached hydrogen (secondary N) is 1. The Balaban J connectivity index is 2.22. The van der Waals surface area contributed by atoms with Gasteiger partial charge in [0.15, 0.2) is 0 Å². The molecule has 3 aromatic rings. The number of halogens is 1. The number of pyridine rings is 1. The number of benzene rings is 1. The second-order valence-electron chi connectivity index (χ2n) is 4.39. The molecule has 2 heterocycles. The number of rotatable bonds is 3. The lowest BCUT2D eigenvalue weighted by molar-refractivity contribution is 0.413. The van der Waals surface area contributed by atoms with E-state index in [-0.39, 0.29) is 9.79 Å². The first-order chi connectivity index (χ1) is 10.0. The Kier molecular flexibility index (Phi) is 3.46. The first-order valence-electron chi connectivity index (χ1n) is 6.04. The molecule has 2 aromatic heterocycles. The number of ether oxygens (including phenoxy) is 1. The van der Waals surface area contributed by atoms with Crippen LogP contribution in [0.25, 0.3) is 11.0 Å². The fourth-order valence-electron chi connectivity index (χ4n) is 2.07. The highest BCUT2D eigenvalue weighted by molar-refractivity contribution is 9.10. The first-order valence-corrected chi connectivity index (χ1v) is 8.32. The van der Waals surface area contributed by atoms with Crippen molar-refractivity contribution in [1.82, 2.24) is 9.97 Å². The number of methoxy groups -OCH3 is 1. The third-order valence-electron chi connectivity index (χ3n) is 3.10. The van der Waals surface area contributed by atoms with Gasteiger partial charge in [-0.05, 0) is 40.2 Å². The second kappa shape index (κ2) is 5.16. The summed E-state index contributed by atoms with van der Waals surface area (Å²) in [6.07, 6.45) is 3.07. The monoisotopic (exact) mass is 366 g/mol. The van der Waals surface area contributed by atoms with Crippen molar-refractivity contribution in [2.24, 2.45) is 0 Å². The van der Waals surface area contributed by atoms with Crippen molar-refractivity contribution in [3.8, 4) is 5.75 Å². The fourth-order valence-corrected chi connectivity index (χ4v) is 3.84. The van der Waals surface area contributed by atoms with Crippen molar-refractivity contribution < 1.29 is 13.2 Å². The minimum Gasteiger partial charge on any atom is -0.497 e. The third kappa shape index (κ3) is 2.43. The maximum absolute atomic E-state index is 12.8. The standard InChI is InChI=1S/C14H11BrN2O3S/c1-20-10-3-2-4-11(6-10)21(18,19)13-8-17-14-12(13)5-9(15)7-16-14/h2-8H,1H3,(H,16,17). The number of aromatic amines is 1. The zero-order valence-corrected chi connectivity index (χ0v) is 13.4. The summed E-state index contributed by atoms with van der Waals surface area (Å²) in [6, 6.07) is 8.12. The Hall–Kier alpha value is -1.86. The number of sulfone groups is 1. The second-order valence-corrected chi connectivity index (χ2v) is 7.22. The van der Waals surface area contributed by atoms with Gasteiger partial charge in [0.05, 0.1) is 16.9 Å². The van der Waals surface area contributed by atoms with E-state index in [1.54, 1.807) is 30.5 Å². The molecule has 0 aliphatic rings. The molecule has 1 N–H and O–H groups in total. The Labute approximate surface area is 130 Å². The van der Waals surface area contributed by atoms with Crippen LogP contribution < -0.4 is 4.74 Å². The zero-order valence-electron chi connectivity index (χ0n) is 11.0. The predicted octanol–water partition coefficient (Wildman–Crippen LogP) is 3.17. The number of hydrogen-bond acceptors (Lipinski definition) is 4. The maximum atomic E-state index is 12.8. The summed E-state index contributed by atoms with van der Waals surface area (Å²) in [4.78, 5) is 7.41. The van der Waals surface area contributed by atoms with Crippen molar-refractivity contribution in [2.75, 3.05) is 7.11 Å². The van der Waals surface area contributed by atoms with E-state index in [1.807, 2.05) is 0 Å². The van der Waals surface area contributed by atoms with Crippen LogP contribution in [0.1, 0.15) is 0 Å². The minimum absolute atomic E-state index is 0.183. The van der Waals surface area contributed by atoms with Gasteiger partial charge in [0.2, 0.25) is 9.84 Å². The van der Waals surface area contributed by atoms with Gasteiger partial charge in [0.25, 0.3) is 0 Å². The average molecular weight is 367 g/mol. The Morgan fingerprint density at radius 2 is 2.10 bits per heavy atom. The molecule has 0 atom stereocenters. The molecule has 0 radical (unpaired) electrons. The van der Waals surface area contributed by atoms with E-state index < -0.39 is 9.84 Å². The van der Waals surface area contributed by atoms with Crippen LogP contribution in [0, 0.1) is 0 Å². The lowest BCUT2D eigenvalue weighted by Gasteiger charge is -2.05. The zero-order chi connectivity index (χ0) is 15.0. The number of nitrogens with zero attached hydrogens (tertiary/aromatic N) is 1. The van der Waals surface area contributed by atoms with Gasteiger partial charge in [-0.3, -0.25) is 0 Å². The van der Waals surface area contributed by atoms with Crippen LogP contribution in [0.5, 0.6) is 5.75 Å². The lowest BCUT2D eigenvalue weighted by Crippen LogP contribution is -2.01. The smallest absolute Gasteiger partial charge is 0.208 e. The van der Waals surface area contributed by atoms with Crippen molar-refractivity contribution >= 4 is 36.8 Å². The number of aromatic nitrogens is 2. The number of H-pyrrole nitrogens is 1. The molecule has 108 valence electrons. The summed E-state index contributed by atoms with van der Waals surface area (Å²) in [5.74, 6) is 0.496. The Morgan fingerprint density at radius 1 is 1.29 bits per heavy atom. The van der Waals surface area contributed by atoms with Crippen LogP contribution in [0.15, 0.2) is 57.0 Å². The van der Waals surface area contributed by atoms with Crippen molar-refractivity contribution in [1.29, 1.82) is 0 Å². The molecule has 0 unspecified atom stereocenters. The van der Waals surface area contributed by atoms with Crippen molar-refractivity contribution in [3.63, 3.8) is 0 Å². The van der Waals surface area contributed by atoms with Gasteiger partial charge in [0.1, 0.15) is 11.4 Å². The highest BCUT2D eigenvalue weighted by Gasteiger charge is 2.22. The summed E-state index contributed by atoms with van der Waals surface area (Å²) >= 11 is 3.31. The molecular weight excluding hydrogens is 356 g/mol. The molecule has 0 aliphatic carbocycles. The molecule has 0 amide bonds. The average Bonchev–Trinajstić information content (AvgIpc) is 2.91. The molecule has 5 nitrogen and oxygen atoms in total. The number of fused-ring (bicyclic) bond motifs is 1. The van der Waals surface area contributed by atoms with Crippen LogP contribution in [-0.2, 0) is 9.84 Å². The molecule has 0 fully saturated rings. The fraction of sp³-hybridized carbons (Fsp3) is 0.0714. The van der Waals surface area contributed by atoms with Crippen molar-refractivity contribution in [3.05, 3.63) is 47.2 Å². The Bertz CT molecular complexity index is 919. The lowest BCUT2D eigenvalue weighted by atomic mass is 10.3. The maximum Gasteiger partial charge on any atom is 0.208 e. The van der Waals surface area contributed by atoms with E-state index in [1.165, 1.54) is 19.4 Å². The SMILES string of the molecule is COc1cccc(S(=O)(=O)c2c[nH]c3ncc(Br)cc23)c1. The van der Waals surface area contributed by atoms with E-state index in [9.17, 15) is 8.42 Å². The summed E-state index contributed by atoms with van der Waals surface area (Å²) in [5, 5.41) is 0.548. The predicted molar refractivity (Wildman–Crippen MR) is 82.2 cm³/mol. The van der Waals surface area contributed by atoms with Gasteiger partial charge in [-0.1, -0.05) is 6.07 Å². The molecule has 21 heavy (non-hydrogen) atoms. The molecule has 7 heteroatoms. The molecule has 0 aliphatic heterocycles. The van der Waals surface area contributed by atoms with Gasteiger partial charge < -0.3 is 9.72 Å². The largest absolute Gasteiger partial charge is 0.497 e. The van der Waals surface area contributed by atoms with E-state index in [4.69, 9.17) is 4.74 Å². The molecule has 3 rings (SSSR count). The van der Waals surface area contributed by atoms with E-state index in [2.05, 4.69) is 25.9 Å².